The van der Waals surface area contributed by atoms with Crippen LogP contribution in [0, 0.1) is 5.92 Å². The van der Waals surface area contributed by atoms with Crippen LogP contribution in [0.25, 0.3) is 0 Å². The van der Waals surface area contributed by atoms with E-state index >= 15 is 0 Å². The topological polar surface area (TPSA) is 95.9 Å². The van der Waals surface area contributed by atoms with E-state index in [0.717, 1.165) is 30.7 Å². The Morgan fingerprint density at radius 1 is 1.00 bits per heavy atom. The molecule has 1 aliphatic rings. The SMILES string of the molecule is CCC[C@H]1CN(c2ccc(C(=O)N[C@@H](CO)c3ccc(S(=O)(=O)CC)cc3)cc2)CC1Oc1ccc(C(F)(F)F)cc1. The number of nitrogens with zero attached hydrogens (tertiary/aromatic N) is 1. The standard InChI is InChI=1S/C31H35F3N2O5S/c1-3-5-23-18-36(19-29(23)41-26-14-10-24(11-15-26)31(32,33)34)25-12-6-22(7-13-25)30(38)35-28(20-37)21-8-16-27(17-9-21)42(39,40)4-2/h6-17,23,28-29,37H,3-5,18-20H2,1-2H3,(H,35,38)/t23-,28-,29?/m0/s1. The summed E-state index contributed by atoms with van der Waals surface area (Å²) in [6.07, 6.45) is -2.77. The molecule has 1 saturated heterocycles. The lowest BCUT2D eigenvalue weighted by molar-refractivity contribution is -0.137. The lowest BCUT2D eigenvalue weighted by Gasteiger charge is -2.20. The Bertz CT molecular complexity index is 1440. The first-order valence-electron chi connectivity index (χ1n) is 13.9. The van der Waals surface area contributed by atoms with E-state index in [2.05, 4.69) is 17.1 Å². The van der Waals surface area contributed by atoms with Gasteiger partial charge in [-0.3, -0.25) is 4.79 Å². The maximum atomic E-state index is 12.9. The number of benzene rings is 3. The van der Waals surface area contributed by atoms with Crippen molar-refractivity contribution in [2.75, 3.05) is 30.3 Å². The number of hydrogen-bond acceptors (Lipinski definition) is 6. The molecule has 7 nitrogen and oxygen atoms in total. The Labute approximate surface area is 244 Å². The molecule has 1 fully saturated rings. The van der Waals surface area contributed by atoms with Gasteiger partial charge in [0.05, 0.1) is 35.4 Å². The Kier molecular flexibility index (Phi) is 9.83. The van der Waals surface area contributed by atoms with Gasteiger partial charge >= 0.3 is 6.18 Å². The number of alkyl halides is 3. The molecule has 1 unspecified atom stereocenters. The molecule has 11 heteroatoms. The summed E-state index contributed by atoms with van der Waals surface area (Å²) in [6.45, 7) is 4.53. The number of halogens is 3. The third-order valence-corrected chi connectivity index (χ3v) is 9.26. The summed E-state index contributed by atoms with van der Waals surface area (Å²) in [4.78, 5) is 15.3. The molecule has 3 aromatic rings. The fourth-order valence-electron chi connectivity index (χ4n) is 5.10. The predicted octanol–water partition coefficient (Wildman–Crippen LogP) is 5.65. The van der Waals surface area contributed by atoms with Gasteiger partial charge in [-0.15, -0.1) is 0 Å². The Balaban J connectivity index is 1.40. The van der Waals surface area contributed by atoms with Crippen LogP contribution in [0.4, 0.5) is 18.9 Å². The number of amides is 1. The minimum atomic E-state index is -4.40. The lowest BCUT2D eigenvalue weighted by atomic mass is 10.0. The lowest BCUT2D eigenvalue weighted by Crippen LogP contribution is -2.31. The minimum absolute atomic E-state index is 0.0218. The molecule has 0 aromatic heterocycles. The van der Waals surface area contributed by atoms with Gasteiger partial charge in [-0.25, -0.2) is 8.42 Å². The molecule has 0 saturated carbocycles. The smallest absolute Gasteiger partial charge is 0.416 e. The number of aliphatic hydroxyl groups is 1. The van der Waals surface area contributed by atoms with Crippen LogP contribution in [-0.2, 0) is 16.0 Å². The maximum absolute atomic E-state index is 12.9. The first kappa shape index (κ1) is 31.4. The molecule has 3 atom stereocenters. The summed E-state index contributed by atoms with van der Waals surface area (Å²) >= 11 is 0. The summed E-state index contributed by atoms with van der Waals surface area (Å²) in [7, 11) is -3.36. The second-order valence-corrected chi connectivity index (χ2v) is 12.6. The fraction of sp³-hybridized carbons (Fsp3) is 0.387. The van der Waals surface area contributed by atoms with E-state index in [9.17, 15) is 31.5 Å². The quantitative estimate of drug-likeness (QED) is 0.294. The van der Waals surface area contributed by atoms with Gasteiger partial charge in [0.15, 0.2) is 9.84 Å². The van der Waals surface area contributed by atoms with Crippen LogP contribution in [-0.4, -0.2) is 51.0 Å². The first-order valence-corrected chi connectivity index (χ1v) is 15.5. The van der Waals surface area contributed by atoms with Gasteiger partial charge < -0.3 is 20.1 Å². The van der Waals surface area contributed by atoms with Crippen LogP contribution >= 0.6 is 0 Å². The van der Waals surface area contributed by atoms with E-state index in [0.29, 0.717) is 30.0 Å². The van der Waals surface area contributed by atoms with Crippen molar-refractivity contribution < 1.29 is 36.2 Å². The van der Waals surface area contributed by atoms with E-state index in [1.807, 2.05) is 12.1 Å². The van der Waals surface area contributed by atoms with E-state index in [1.54, 1.807) is 31.2 Å². The van der Waals surface area contributed by atoms with Crippen molar-refractivity contribution >= 4 is 21.4 Å². The number of rotatable bonds is 11. The molecular weight excluding hydrogens is 569 g/mol. The van der Waals surface area contributed by atoms with Gasteiger partial charge in [0, 0.05) is 23.7 Å². The second-order valence-electron chi connectivity index (χ2n) is 10.4. The van der Waals surface area contributed by atoms with Crippen LogP contribution in [0.3, 0.4) is 0 Å². The predicted molar refractivity (Wildman–Crippen MR) is 154 cm³/mol. The van der Waals surface area contributed by atoms with Gasteiger partial charge in [-0.2, -0.15) is 13.2 Å². The first-order chi connectivity index (χ1) is 19.9. The van der Waals surface area contributed by atoms with Crippen molar-refractivity contribution in [3.63, 3.8) is 0 Å². The summed E-state index contributed by atoms with van der Waals surface area (Å²) in [5.74, 6) is 0.165. The highest BCUT2D eigenvalue weighted by Gasteiger charge is 2.35. The average Bonchev–Trinajstić information content (AvgIpc) is 3.38. The highest BCUT2D eigenvalue weighted by atomic mass is 32.2. The van der Waals surface area contributed by atoms with E-state index in [1.165, 1.54) is 24.3 Å². The van der Waals surface area contributed by atoms with Crippen molar-refractivity contribution in [1.29, 1.82) is 0 Å². The number of nitrogens with one attached hydrogen (secondary N) is 1. The van der Waals surface area contributed by atoms with Gasteiger partial charge in [0.1, 0.15) is 11.9 Å². The fourth-order valence-corrected chi connectivity index (χ4v) is 5.99. The molecule has 42 heavy (non-hydrogen) atoms. The molecule has 1 aliphatic heterocycles. The van der Waals surface area contributed by atoms with E-state index < -0.39 is 27.6 Å². The van der Waals surface area contributed by atoms with E-state index in [4.69, 9.17) is 4.74 Å². The largest absolute Gasteiger partial charge is 0.488 e. The zero-order valence-electron chi connectivity index (χ0n) is 23.5. The van der Waals surface area contributed by atoms with Gasteiger partial charge in [-0.05, 0) is 72.6 Å². The number of ether oxygens (including phenoxy) is 1. The number of sulfone groups is 1. The van der Waals surface area contributed by atoms with Crippen molar-refractivity contribution in [3.8, 4) is 5.75 Å². The molecule has 2 N–H and O–H groups in total. The Hall–Kier alpha value is -3.57. The number of carbonyl (C=O) groups is 1. The summed E-state index contributed by atoms with van der Waals surface area (Å²) < 4.78 is 69.0. The van der Waals surface area contributed by atoms with Crippen molar-refractivity contribution in [2.24, 2.45) is 5.92 Å². The molecular formula is C31H35F3N2O5S. The molecule has 4 rings (SSSR count). The van der Waals surface area contributed by atoms with Crippen LogP contribution in [0.15, 0.2) is 77.7 Å². The van der Waals surface area contributed by atoms with Gasteiger partial charge in [-0.1, -0.05) is 32.4 Å². The van der Waals surface area contributed by atoms with Crippen LogP contribution in [0.2, 0.25) is 0 Å². The van der Waals surface area contributed by atoms with Crippen LogP contribution in [0.1, 0.15) is 54.2 Å². The zero-order valence-corrected chi connectivity index (χ0v) is 24.3. The molecule has 3 aromatic carbocycles. The Morgan fingerprint density at radius 2 is 1.64 bits per heavy atom. The third kappa shape index (κ3) is 7.43. The number of carbonyl (C=O) groups excluding carboxylic acids is 1. The number of aliphatic hydroxyl groups excluding tert-OH is 1. The monoisotopic (exact) mass is 604 g/mol. The van der Waals surface area contributed by atoms with E-state index in [-0.39, 0.29) is 35.2 Å². The van der Waals surface area contributed by atoms with Crippen LogP contribution in [0.5, 0.6) is 5.75 Å². The normalized spacial score (nSPS) is 18.1. The number of anilines is 1. The average molecular weight is 605 g/mol. The van der Waals surface area contributed by atoms with Crippen molar-refractivity contribution in [2.45, 2.75) is 49.9 Å². The molecule has 0 aliphatic carbocycles. The third-order valence-electron chi connectivity index (χ3n) is 7.51. The Morgan fingerprint density at radius 3 is 2.19 bits per heavy atom. The minimum Gasteiger partial charge on any atom is -0.488 e. The molecule has 0 spiro atoms. The zero-order chi connectivity index (χ0) is 30.5. The highest BCUT2D eigenvalue weighted by Crippen LogP contribution is 2.33. The highest BCUT2D eigenvalue weighted by molar-refractivity contribution is 7.91. The van der Waals surface area contributed by atoms with Crippen molar-refractivity contribution in [1.82, 2.24) is 5.32 Å². The summed E-state index contributed by atoms with van der Waals surface area (Å²) in [6, 6.07) is 17.2. The van der Waals surface area contributed by atoms with Crippen LogP contribution < -0.4 is 15.0 Å². The molecule has 0 bridgehead atoms. The van der Waals surface area contributed by atoms with Gasteiger partial charge in [0.2, 0.25) is 0 Å². The van der Waals surface area contributed by atoms with Crippen molar-refractivity contribution in [3.05, 3.63) is 89.5 Å². The molecule has 1 heterocycles. The van der Waals surface area contributed by atoms with Gasteiger partial charge in [0.25, 0.3) is 5.91 Å². The second kappa shape index (κ2) is 13.2. The number of hydrogen-bond donors (Lipinski definition) is 2. The summed E-state index contributed by atoms with van der Waals surface area (Å²) in [5, 5.41) is 12.7. The molecule has 0 radical (unpaired) electrons. The summed E-state index contributed by atoms with van der Waals surface area (Å²) in [5.41, 5.74) is 1.14. The molecule has 1 amide bonds. The maximum Gasteiger partial charge on any atom is 0.416 e. The molecule has 226 valence electrons.